The number of methoxy groups -OCH3 is 1. The molecule has 5 heteroatoms. The van der Waals surface area contributed by atoms with E-state index in [0.717, 1.165) is 31.9 Å². The molecule has 1 aliphatic heterocycles. The Bertz CT molecular complexity index is 422. The molecule has 1 N–H and O–H groups in total. The lowest BCUT2D eigenvalue weighted by molar-refractivity contribution is 0.0593. The molecule has 0 spiro atoms. The fourth-order valence-electron chi connectivity index (χ4n) is 2.11. The number of aromatic nitrogens is 1. The van der Waals surface area contributed by atoms with Crippen molar-refractivity contribution in [1.82, 2.24) is 15.2 Å². The number of esters is 1. The van der Waals surface area contributed by atoms with Crippen LogP contribution in [0.25, 0.3) is 0 Å². The topological polar surface area (TPSA) is 54.5 Å². The van der Waals surface area contributed by atoms with Crippen LogP contribution in [0.15, 0.2) is 18.2 Å². The first-order valence-corrected chi connectivity index (χ1v) is 6.19. The molecule has 1 aliphatic rings. The fraction of sp³-hybridized carbons (Fsp3) is 0.538. The van der Waals surface area contributed by atoms with Gasteiger partial charge in [0.1, 0.15) is 5.69 Å². The third kappa shape index (κ3) is 3.05. The molecule has 0 bridgehead atoms. The molecule has 1 aromatic rings. The minimum absolute atomic E-state index is 0.373. The van der Waals surface area contributed by atoms with Crippen molar-refractivity contribution >= 4 is 5.97 Å². The van der Waals surface area contributed by atoms with E-state index in [4.69, 9.17) is 0 Å². The Hall–Kier alpha value is -1.46. The molecule has 2 rings (SSSR count). The highest BCUT2D eigenvalue weighted by molar-refractivity contribution is 5.87. The first-order chi connectivity index (χ1) is 8.70. The van der Waals surface area contributed by atoms with Gasteiger partial charge in [0.25, 0.3) is 0 Å². The first-order valence-electron chi connectivity index (χ1n) is 6.19. The predicted octanol–water partition coefficient (Wildman–Crippen LogP) is 0.662. The van der Waals surface area contributed by atoms with Gasteiger partial charge in [0.2, 0.25) is 0 Å². The van der Waals surface area contributed by atoms with E-state index in [1.165, 1.54) is 7.11 Å². The van der Waals surface area contributed by atoms with Crippen molar-refractivity contribution in [3.05, 3.63) is 29.6 Å². The number of hydrogen-bond acceptors (Lipinski definition) is 5. The van der Waals surface area contributed by atoms with E-state index in [-0.39, 0.29) is 5.97 Å². The number of nitrogens with zero attached hydrogens (tertiary/aromatic N) is 2. The molecule has 5 nitrogen and oxygen atoms in total. The van der Waals surface area contributed by atoms with Gasteiger partial charge >= 0.3 is 5.97 Å². The van der Waals surface area contributed by atoms with E-state index >= 15 is 0 Å². The zero-order valence-electron chi connectivity index (χ0n) is 10.8. The van der Waals surface area contributed by atoms with Crippen LogP contribution in [0.1, 0.15) is 23.1 Å². The van der Waals surface area contributed by atoms with Crippen LogP contribution in [0.5, 0.6) is 0 Å². The molecular formula is C13H19N3O2. The number of piperazine rings is 1. The Labute approximate surface area is 107 Å². The van der Waals surface area contributed by atoms with Crippen LogP contribution in [0.4, 0.5) is 0 Å². The molecule has 0 aromatic carbocycles. The number of carbonyl (C=O) groups excluding carboxylic acids is 1. The summed E-state index contributed by atoms with van der Waals surface area (Å²) in [5.41, 5.74) is 1.28. The Kier molecular flexibility index (Phi) is 4.28. The van der Waals surface area contributed by atoms with Crippen LogP contribution < -0.4 is 5.32 Å². The van der Waals surface area contributed by atoms with Crippen molar-refractivity contribution < 1.29 is 9.53 Å². The van der Waals surface area contributed by atoms with Crippen molar-refractivity contribution in [2.24, 2.45) is 0 Å². The lowest BCUT2D eigenvalue weighted by Gasteiger charge is -2.33. The minimum Gasteiger partial charge on any atom is -0.464 e. The number of nitrogens with one attached hydrogen (secondary N) is 1. The van der Waals surface area contributed by atoms with Gasteiger partial charge in [-0.1, -0.05) is 6.07 Å². The highest BCUT2D eigenvalue weighted by atomic mass is 16.5. The second-order valence-electron chi connectivity index (χ2n) is 4.53. The second-order valence-corrected chi connectivity index (χ2v) is 4.53. The van der Waals surface area contributed by atoms with Gasteiger partial charge in [-0.05, 0) is 19.1 Å². The molecule has 1 saturated heterocycles. The predicted molar refractivity (Wildman–Crippen MR) is 68.3 cm³/mol. The second kappa shape index (κ2) is 5.93. The number of pyridine rings is 1. The van der Waals surface area contributed by atoms with Crippen molar-refractivity contribution in [1.29, 1.82) is 0 Å². The van der Waals surface area contributed by atoms with Gasteiger partial charge in [0, 0.05) is 32.2 Å². The normalized spacial score (nSPS) is 20.7. The van der Waals surface area contributed by atoms with Gasteiger partial charge in [-0.25, -0.2) is 9.78 Å². The van der Waals surface area contributed by atoms with E-state index in [0.29, 0.717) is 11.7 Å². The summed E-state index contributed by atoms with van der Waals surface area (Å²) < 4.78 is 4.68. The first kappa shape index (κ1) is 13.0. The molecule has 1 fully saturated rings. The number of ether oxygens (including phenoxy) is 1. The van der Waals surface area contributed by atoms with E-state index in [1.807, 2.05) is 12.1 Å². The van der Waals surface area contributed by atoms with Crippen LogP contribution in [-0.2, 0) is 11.3 Å². The molecule has 1 atom stereocenters. The van der Waals surface area contributed by atoms with Gasteiger partial charge in [-0.3, -0.25) is 4.90 Å². The molecule has 0 saturated carbocycles. The highest BCUT2D eigenvalue weighted by Gasteiger charge is 2.18. The van der Waals surface area contributed by atoms with Crippen molar-refractivity contribution in [3.8, 4) is 0 Å². The number of hydrogen-bond donors (Lipinski definition) is 1. The van der Waals surface area contributed by atoms with Crippen LogP contribution in [0.2, 0.25) is 0 Å². The fourth-order valence-corrected chi connectivity index (χ4v) is 2.11. The molecule has 0 unspecified atom stereocenters. The Morgan fingerprint density at radius 1 is 1.61 bits per heavy atom. The monoisotopic (exact) mass is 249 g/mol. The summed E-state index contributed by atoms with van der Waals surface area (Å²) in [5, 5.41) is 3.35. The Balaban J connectivity index is 2.06. The molecule has 0 amide bonds. The van der Waals surface area contributed by atoms with Crippen LogP contribution in [0.3, 0.4) is 0 Å². The van der Waals surface area contributed by atoms with Crippen LogP contribution in [0, 0.1) is 0 Å². The summed E-state index contributed by atoms with van der Waals surface area (Å²) in [7, 11) is 1.37. The molecule has 98 valence electrons. The molecule has 0 radical (unpaired) electrons. The van der Waals surface area contributed by atoms with Crippen molar-refractivity contribution in [2.45, 2.75) is 19.5 Å². The largest absolute Gasteiger partial charge is 0.464 e. The van der Waals surface area contributed by atoms with Crippen LogP contribution in [-0.4, -0.2) is 48.6 Å². The van der Waals surface area contributed by atoms with Crippen LogP contribution >= 0.6 is 0 Å². The Morgan fingerprint density at radius 3 is 3.17 bits per heavy atom. The SMILES string of the molecule is COC(=O)c1cccc(CN2CCNC[C@H]2C)n1. The molecule has 1 aromatic heterocycles. The number of rotatable bonds is 3. The molecule has 2 heterocycles. The van der Waals surface area contributed by atoms with E-state index in [1.54, 1.807) is 6.07 Å². The maximum Gasteiger partial charge on any atom is 0.356 e. The average molecular weight is 249 g/mol. The summed E-state index contributed by atoms with van der Waals surface area (Å²) >= 11 is 0. The molecular weight excluding hydrogens is 230 g/mol. The van der Waals surface area contributed by atoms with Gasteiger partial charge in [-0.15, -0.1) is 0 Å². The minimum atomic E-state index is -0.384. The Morgan fingerprint density at radius 2 is 2.44 bits per heavy atom. The zero-order chi connectivity index (χ0) is 13.0. The summed E-state index contributed by atoms with van der Waals surface area (Å²) in [6.45, 7) is 5.97. The third-order valence-electron chi connectivity index (χ3n) is 3.21. The molecule has 18 heavy (non-hydrogen) atoms. The highest BCUT2D eigenvalue weighted by Crippen LogP contribution is 2.09. The van der Waals surface area contributed by atoms with Gasteiger partial charge < -0.3 is 10.1 Å². The van der Waals surface area contributed by atoms with E-state index in [9.17, 15) is 4.79 Å². The van der Waals surface area contributed by atoms with E-state index in [2.05, 4.69) is 26.9 Å². The summed E-state index contributed by atoms with van der Waals surface area (Å²) in [6, 6.07) is 5.96. The van der Waals surface area contributed by atoms with Gasteiger partial charge in [0.15, 0.2) is 0 Å². The van der Waals surface area contributed by atoms with Crippen molar-refractivity contribution in [2.75, 3.05) is 26.7 Å². The van der Waals surface area contributed by atoms with Gasteiger partial charge in [-0.2, -0.15) is 0 Å². The quantitative estimate of drug-likeness (QED) is 0.798. The molecule has 0 aliphatic carbocycles. The van der Waals surface area contributed by atoms with E-state index < -0.39 is 0 Å². The lowest BCUT2D eigenvalue weighted by atomic mass is 10.2. The summed E-state index contributed by atoms with van der Waals surface area (Å²) in [4.78, 5) is 18.1. The smallest absolute Gasteiger partial charge is 0.356 e. The van der Waals surface area contributed by atoms with Gasteiger partial charge in [0.05, 0.1) is 12.8 Å². The number of carbonyl (C=O) groups is 1. The maximum absolute atomic E-state index is 11.4. The maximum atomic E-state index is 11.4. The summed E-state index contributed by atoms with van der Waals surface area (Å²) in [6.07, 6.45) is 0. The standard InChI is InChI=1S/C13H19N3O2/c1-10-8-14-6-7-16(10)9-11-4-3-5-12(15-11)13(17)18-2/h3-5,10,14H,6-9H2,1-2H3/t10-/m1/s1. The third-order valence-corrected chi connectivity index (χ3v) is 3.21. The lowest BCUT2D eigenvalue weighted by Crippen LogP contribution is -2.49. The van der Waals surface area contributed by atoms with Crippen molar-refractivity contribution in [3.63, 3.8) is 0 Å². The summed E-state index contributed by atoms with van der Waals surface area (Å²) in [5.74, 6) is -0.384. The average Bonchev–Trinajstić information content (AvgIpc) is 2.41. The zero-order valence-corrected chi connectivity index (χ0v) is 10.8.